The molecule has 1 rings (SSSR count). The number of hydrogen-bond donors (Lipinski definition) is 1. The van der Waals surface area contributed by atoms with Crippen molar-refractivity contribution in [1.82, 2.24) is 4.98 Å². The van der Waals surface area contributed by atoms with E-state index in [-0.39, 0.29) is 6.61 Å². The van der Waals surface area contributed by atoms with Crippen LogP contribution in [-0.2, 0) is 6.61 Å². The molecule has 1 heterocycles. The molecule has 0 saturated carbocycles. The van der Waals surface area contributed by atoms with Crippen LogP contribution in [0.15, 0.2) is 21.3 Å². The van der Waals surface area contributed by atoms with Gasteiger partial charge in [-0.05, 0) is 22.0 Å². The summed E-state index contributed by atoms with van der Waals surface area (Å²) in [6, 6.07) is 1.79. The van der Waals surface area contributed by atoms with Gasteiger partial charge in [-0.15, -0.1) is 0 Å². The van der Waals surface area contributed by atoms with Crippen molar-refractivity contribution in [3.63, 3.8) is 0 Å². The summed E-state index contributed by atoms with van der Waals surface area (Å²) in [4.78, 5) is 3.94. The van der Waals surface area contributed by atoms with Crippen molar-refractivity contribution in [3.8, 4) is 0 Å². The maximum atomic E-state index is 8.80. The highest BCUT2D eigenvalue weighted by Gasteiger charge is 2.02. The Balaban J connectivity index is 3.17. The van der Waals surface area contributed by atoms with Gasteiger partial charge in [0.15, 0.2) is 0 Å². The molecule has 2 nitrogen and oxygen atoms in total. The van der Waals surface area contributed by atoms with Crippen LogP contribution in [0.25, 0.3) is 0 Å². The molecule has 0 aliphatic heterocycles. The minimum atomic E-state index is -0.00495. The van der Waals surface area contributed by atoms with Crippen LogP contribution in [-0.4, -0.2) is 10.1 Å². The molecule has 0 fully saturated rings. The zero-order chi connectivity index (χ0) is 7.56. The number of rotatable bonds is 1. The Hall–Kier alpha value is 0.0700. The van der Waals surface area contributed by atoms with E-state index < -0.39 is 0 Å². The second kappa shape index (κ2) is 3.46. The second-order valence-electron chi connectivity index (χ2n) is 1.72. The Bertz CT molecular complexity index is 219. The quantitative estimate of drug-likeness (QED) is 0.790. The van der Waals surface area contributed by atoms with Crippen molar-refractivity contribution in [2.24, 2.45) is 0 Å². The van der Waals surface area contributed by atoms with Gasteiger partial charge in [0.1, 0.15) is 4.60 Å². The molecule has 0 spiro atoms. The fourth-order valence-electron chi connectivity index (χ4n) is 0.586. The van der Waals surface area contributed by atoms with Gasteiger partial charge in [0, 0.05) is 16.2 Å². The molecule has 0 aliphatic carbocycles. The molecule has 4 heteroatoms. The van der Waals surface area contributed by atoms with Gasteiger partial charge in [-0.2, -0.15) is 0 Å². The molecule has 0 radical (unpaired) electrons. The van der Waals surface area contributed by atoms with E-state index in [9.17, 15) is 0 Å². The van der Waals surface area contributed by atoms with Crippen LogP contribution in [0.3, 0.4) is 0 Å². The Kier molecular flexibility index (Phi) is 2.82. The third kappa shape index (κ3) is 1.56. The van der Waals surface area contributed by atoms with E-state index in [1.54, 1.807) is 12.3 Å². The lowest BCUT2D eigenvalue weighted by molar-refractivity contribution is 0.279. The van der Waals surface area contributed by atoms with Crippen LogP contribution in [0, 0.1) is 0 Å². The summed E-state index contributed by atoms with van der Waals surface area (Å²) in [5.74, 6) is 0. The van der Waals surface area contributed by atoms with Crippen LogP contribution in [0.2, 0.25) is 0 Å². The SMILES string of the molecule is OCc1c(Br)ccnc1Br. The molecule has 0 saturated heterocycles. The first-order valence-corrected chi connectivity index (χ1v) is 4.24. The highest BCUT2D eigenvalue weighted by Crippen LogP contribution is 2.22. The van der Waals surface area contributed by atoms with E-state index >= 15 is 0 Å². The summed E-state index contributed by atoms with van der Waals surface area (Å²) in [7, 11) is 0. The topological polar surface area (TPSA) is 33.1 Å². The molecule has 0 amide bonds. The summed E-state index contributed by atoms with van der Waals surface area (Å²) in [6.07, 6.45) is 1.66. The predicted molar refractivity (Wildman–Crippen MR) is 45.6 cm³/mol. The molecule has 0 atom stereocenters. The lowest BCUT2D eigenvalue weighted by Gasteiger charge is -2.00. The number of pyridine rings is 1. The highest BCUT2D eigenvalue weighted by atomic mass is 79.9. The van der Waals surface area contributed by atoms with Gasteiger partial charge < -0.3 is 5.11 Å². The van der Waals surface area contributed by atoms with Crippen molar-refractivity contribution in [2.45, 2.75) is 6.61 Å². The average molecular weight is 267 g/mol. The van der Waals surface area contributed by atoms with Crippen LogP contribution < -0.4 is 0 Å². The maximum absolute atomic E-state index is 8.80. The minimum absolute atomic E-state index is 0.00495. The third-order valence-electron chi connectivity index (χ3n) is 1.10. The Morgan fingerprint density at radius 1 is 1.50 bits per heavy atom. The van der Waals surface area contributed by atoms with E-state index in [4.69, 9.17) is 5.11 Å². The summed E-state index contributed by atoms with van der Waals surface area (Å²) in [5.41, 5.74) is 0.780. The first-order chi connectivity index (χ1) is 4.75. The van der Waals surface area contributed by atoms with Crippen LogP contribution >= 0.6 is 31.9 Å². The van der Waals surface area contributed by atoms with Crippen molar-refractivity contribution in [1.29, 1.82) is 0 Å². The lowest BCUT2D eigenvalue weighted by atomic mass is 10.3. The first-order valence-electron chi connectivity index (χ1n) is 2.65. The Morgan fingerprint density at radius 3 is 2.60 bits per heavy atom. The first kappa shape index (κ1) is 8.17. The number of hydrogen-bond acceptors (Lipinski definition) is 2. The van der Waals surface area contributed by atoms with Gasteiger partial charge in [-0.1, -0.05) is 15.9 Å². The van der Waals surface area contributed by atoms with E-state index in [0.29, 0.717) is 4.60 Å². The van der Waals surface area contributed by atoms with Crippen LogP contribution in [0.5, 0.6) is 0 Å². The van der Waals surface area contributed by atoms with Gasteiger partial charge in [0.2, 0.25) is 0 Å². The standard InChI is InChI=1S/C6H5Br2NO/c7-5-1-2-9-6(8)4(5)3-10/h1-2,10H,3H2. The molecule has 1 aromatic heterocycles. The molecular weight excluding hydrogens is 262 g/mol. The zero-order valence-corrected chi connectivity index (χ0v) is 8.18. The van der Waals surface area contributed by atoms with E-state index in [2.05, 4.69) is 36.8 Å². The predicted octanol–water partition coefficient (Wildman–Crippen LogP) is 2.10. The van der Waals surface area contributed by atoms with Crippen molar-refractivity contribution >= 4 is 31.9 Å². The summed E-state index contributed by atoms with van der Waals surface area (Å²) in [5, 5.41) is 8.80. The molecule has 10 heavy (non-hydrogen) atoms. The molecule has 0 unspecified atom stereocenters. The minimum Gasteiger partial charge on any atom is -0.392 e. The van der Waals surface area contributed by atoms with E-state index in [1.807, 2.05) is 0 Å². The number of aromatic nitrogens is 1. The van der Waals surface area contributed by atoms with Gasteiger partial charge in [-0.25, -0.2) is 4.98 Å². The van der Waals surface area contributed by atoms with Gasteiger partial charge in [0.05, 0.1) is 6.61 Å². The highest BCUT2D eigenvalue weighted by molar-refractivity contribution is 9.11. The summed E-state index contributed by atoms with van der Waals surface area (Å²) >= 11 is 6.48. The van der Waals surface area contributed by atoms with Gasteiger partial charge in [0.25, 0.3) is 0 Å². The number of aliphatic hydroxyl groups excluding tert-OH is 1. The smallest absolute Gasteiger partial charge is 0.112 e. The Morgan fingerprint density at radius 2 is 2.20 bits per heavy atom. The molecule has 0 aromatic carbocycles. The molecule has 0 aliphatic rings. The summed E-state index contributed by atoms with van der Waals surface area (Å²) in [6.45, 7) is -0.00495. The fourth-order valence-corrected chi connectivity index (χ4v) is 1.74. The van der Waals surface area contributed by atoms with Crippen molar-refractivity contribution in [2.75, 3.05) is 0 Å². The van der Waals surface area contributed by atoms with Gasteiger partial charge in [-0.3, -0.25) is 0 Å². The fraction of sp³-hybridized carbons (Fsp3) is 0.167. The van der Waals surface area contributed by atoms with Gasteiger partial charge >= 0.3 is 0 Å². The maximum Gasteiger partial charge on any atom is 0.112 e. The van der Waals surface area contributed by atoms with E-state index in [0.717, 1.165) is 10.0 Å². The van der Waals surface area contributed by atoms with Crippen LogP contribution in [0.1, 0.15) is 5.56 Å². The largest absolute Gasteiger partial charge is 0.392 e. The molecule has 54 valence electrons. The average Bonchev–Trinajstić information content (AvgIpc) is 1.88. The number of nitrogens with zero attached hydrogens (tertiary/aromatic N) is 1. The monoisotopic (exact) mass is 265 g/mol. The van der Waals surface area contributed by atoms with Crippen molar-refractivity contribution in [3.05, 3.63) is 26.9 Å². The number of halogens is 2. The second-order valence-corrected chi connectivity index (χ2v) is 3.33. The normalized spacial score (nSPS) is 9.90. The van der Waals surface area contributed by atoms with Crippen molar-refractivity contribution < 1.29 is 5.11 Å². The Labute approximate surface area is 75.5 Å². The zero-order valence-electron chi connectivity index (χ0n) is 5.01. The van der Waals surface area contributed by atoms with E-state index in [1.165, 1.54) is 0 Å². The molecule has 1 aromatic rings. The van der Waals surface area contributed by atoms with Crippen LogP contribution in [0.4, 0.5) is 0 Å². The number of aliphatic hydroxyl groups is 1. The summed E-state index contributed by atoms with van der Waals surface area (Å²) < 4.78 is 1.56. The molecule has 0 bridgehead atoms. The lowest BCUT2D eigenvalue weighted by Crippen LogP contribution is -1.88. The molecular formula is C6H5Br2NO. The molecule has 1 N–H and O–H groups in total. The third-order valence-corrected chi connectivity index (χ3v) is 2.53.